The number of nitrogens with two attached hydrogens (primary N) is 1. The van der Waals surface area contributed by atoms with E-state index in [9.17, 15) is 18.0 Å². The monoisotopic (exact) mass is 504 g/mol. The molecule has 0 spiro atoms. The van der Waals surface area contributed by atoms with Crippen molar-refractivity contribution >= 4 is 29.2 Å². The van der Waals surface area contributed by atoms with Gasteiger partial charge >= 0.3 is 12.1 Å². The zero-order chi connectivity index (χ0) is 25.8. The summed E-state index contributed by atoms with van der Waals surface area (Å²) < 4.78 is 31.7. The van der Waals surface area contributed by atoms with Gasteiger partial charge in [-0.15, -0.1) is 0 Å². The molecule has 3 aromatic carbocycles. The number of hydrogen-bond donors (Lipinski definition) is 2. The second-order valence-corrected chi connectivity index (χ2v) is 8.50. The number of anilines is 1. The van der Waals surface area contributed by atoms with Crippen LogP contribution in [0.4, 0.5) is 18.9 Å². The number of aliphatic carboxylic acids is 1. The molecular formula is C26H24ClF3N2O3. The summed E-state index contributed by atoms with van der Waals surface area (Å²) in [7, 11) is 0. The first-order valence-corrected chi connectivity index (χ1v) is 11.1. The van der Waals surface area contributed by atoms with E-state index in [0.29, 0.717) is 18.1 Å². The van der Waals surface area contributed by atoms with Crippen molar-refractivity contribution < 1.29 is 27.9 Å². The molecule has 0 saturated carbocycles. The normalized spacial score (nSPS) is 12.9. The third kappa shape index (κ3) is 6.61. The Morgan fingerprint density at radius 3 is 2.11 bits per heavy atom. The first-order chi connectivity index (χ1) is 16.5. The van der Waals surface area contributed by atoms with Crippen LogP contribution in [0.5, 0.6) is 0 Å². The number of aryl methyl sites for hydroxylation is 2. The average molecular weight is 505 g/mol. The molecule has 0 aliphatic carbocycles. The maximum atomic E-state index is 12.4. The number of rotatable bonds is 2. The second-order valence-electron chi connectivity index (χ2n) is 8.07. The molecule has 184 valence electrons. The number of carbonyl (C=O) groups is 2. The van der Waals surface area contributed by atoms with Gasteiger partial charge in [0, 0.05) is 24.2 Å². The van der Waals surface area contributed by atoms with E-state index in [1.165, 1.54) is 11.1 Å². The highest BCUT2D eigenvalue weighted by Crippen LogP contribution is 2.32. The summed E-state index contributed by atoms with van der Waals surface area (Å²) >= 11 is 6.20. The van der Waals surface area contributed by atoms with Crippen LogP contribution in [0.25, 0.3) is 11.1 Å². The SMILES string of the molecule is CC(=O)N1Cc2cc(-c3ccc(CN)cc3)ccc2CCc2cc(Cl)ccc21.O=C(O)C(F)(F)F. The Morgan fingerprint density at radius 1 is 0.943 bits per heavy atom. The molecule has 0 saturated heterocycles. The topological polar surface area (TPSA) is 83.6 Å². The van der Waals surface area contributed by atoms with Gasteiger partial charge in [0.2, 0.25) is 5.91 Å². The molecule has 0 bridgehead atoms. The fourth-order valence-corrected chi connectivity index (χ4v) is 4.05. The van der Waals surface area contributed by atoms with E-state index >= 15 is 0 Å². The second kappa shape index (κ2) is 10.9. The number of benzene rings is 3. The van der Waals surface area contributed by atoms with Crippen LogP contribution in [-0.4, -0.2) is 23.2 Å². The van der Waals surface area contributed by atoms with Crippen LogP contribution in [0.2, 0.25) is 5.02 Å². The minimum Gasteiger partial charge on any atom is -0.475 e. The Labute approximate surface area is 205 Å². The van der Waals surface area contributed by atoms with Crippen LogP contribution < -0.4 is 10.6 Å². The molecule has 5 nitrogen and oxygen atoms in total. The smallest absolute Gasteiger partial charge is 0.475 e. The van der Waals surface area contributed by atoms with Gasteiger partial charge in [-0.2, -0.15) is 13.2 Å². The van der Waals surface area contributed by atoms with Crippen molar-refractivity contribution in [2.45, 2.75) is 39.0 Å². The molecule has 0 atom stereocenters. The first kappa shape index (κ1) is 26.2. The average Bonchev–Trinajstić information content (AvgIpc) is 2.80. The Kier molecular flexibility index (Phi) is 8.19. The van der Waals surface area contributed by atoms with E-state index in [2.05, 4.69) is 42.5 Å². The van der Waals surface area contributed by atoms with E-state index in [-0.39, 0.29) is 5.91 Å². The summed E-state index contributed by atoms with van der Waals surface area (Å²) in [4.78, 5) is 23.2. The lowest BCUT2D eigenvalue weighted by Crippen LogP contribution is -2.30. The van der Waals surface area contributed by atoms with Crippen molar-refractivity contribution in [1.29, 1.82) is 0 Å². The number of carboxylic acids is 1. The molecular weight excluding hydrogens is 481 g/mol. The number of nitrogens with zero attached hydrogens (tertiary/aromatic N) is 1. The van der Waals surface area contributed by atoms with Gasteiger partial charge in [0.15, 0.2) is 0 Å². The van der Waals surface area contributed by atoms with Gasteiger partial charge < -0.3 is 15.7 Å². The molecule has 3 N–H and O–H groups in total. The lowest BCUT2D eigenvalue weighted by Gasteiger charge is -2.28. The molecule has 9 heteroatoms. The number of hydrogen-bond acceptors (Lipinski definition) is 3. The molecule has 0 unspecified atom stereocenters. The summed E-state index contributed by atoms with van der Waals surface area (Å²) in [5.74, 6) is -2.72. The fraction of sp³-hybridized carbons (Fsp3) is 0.231. The molecule has 1 amide bonds. The van der Waals surface area contributed by atoms with Gasteiger partial charge in [0.25, 0.3) is 0 Å². The van der Waals surface area contributed by atoms with Crippen molar-refractivity contribution in [3.8, 4) is 11.1 Å². The minimum atomic E-state index is -5.08. The molecule has 1 heterocycles. The number of amides is 1. The maximum Gasteiger partial charge on any atom is 0.490 e. The summed E-state index contributed by atoms with van der Waals surface area (Å²) in [6.45, 7) is 2.73. The molecule has 3 aromatic rings. The highest BCUT2D eigenvalue weighted by molar-refractivity contribution is 6.30. The van der Waals surface area contributed by atoms with Crippen molar-refractivity contribution in [2.24, 2.45) is 5.73 Å². The van der Waals surface area contributed by atoms with Crippen molar-refractivity contribution in [3.05, 3.63) is 87.9 Å². The summed E-state index contributed by atoms with van der Waals surface area (Å²) in [6.07, 6.45) is -3.29. The van der Waals surface area contributed by atoms with Gasteiger partial charge in [-0.05, 0) is 70.5 Å². The molecule has 4 rings (SSSR count). The molecule has 35 heavy (non-hydrogen) atoms. The van der Waals surface area contributed by atoms with E-state index in [0.717, 1.165) is 40.8 Å². The molecule has 1 aliphatic heterocycles. The third-order valence-corrected chi connectivity index (χ3v) is 5.91. The van der Waals surface area contributed by atoms with Crippen molar-refractivity contribution in [3.63, 3.8) is 0 Å². The highest BCUT2D eigenvalue weighted by atomic mass is 35.5. The number of alkyl halides is 3. The Hall–Kier alpha value is -3.36. The van der Waals surface area contributed by atoms with Crippen molar-refractivity contribution in [1.82, 2.24) is 0 Å². The lowest BCUT2D eigenvalue weighted by atomic mass is 9.92. The van der Waals surface area contributed by atoms with Crippen LogP contribution in [0.3, 0.4) is 0 Å². The van der Waals surface area contributed by atoms with E-state index in [1.807, 2.05) is 23.1 Å². The largest absolute Gasteiger partial charge is 0.490 e. The van der Waals surface area contributed by atoms with E-state index in [4.69, 9.17) is 27.2 Å². The highest BCUT2D eigenvalue weighted by Gasteiger charge is 2.38. The summed E-state index contributed by atoms with van der Waals surface area (Å²) in [5, 5.41) is 7.83. The standard InChI is InChI=1S/C24H23ClN2O.C2HF3O2/c1-16(28)27-15-22-12-20(18-4-2-17(14-26)3-5-18)8-6-19(22)7-9-21-13-23(25)10-11-24(21)27;3-2(4,5)1(6)7/h2-6,8,10-13H,7,9,14-15,26H2,1H3;(H,6,7). The lowest BCUT2D eigenvalue weighted by molar-refractivity contribution is -0.192. The fourth-order valence-electron chi connectivity index (χ4n) is 3.85. The van der Waals surface area contributed by atoms with E-state index in [1.54, 1.807) is 6.92 Å². The maximum absolute atomic E-state index is 12.4. The number of carbonyl (C=O) groups excluding carboxylic acids is 1. The van der Waals surface area contributed by atoms with Crippen molar-refractivity contribution in [2.75, 3.05) is 4.90 Å². The zero-order valence-electron chi connectivity index (χ0n) is 18.9. The molecule has 0 aromatic heterocycles. The van der Waals surface area contributed by atoms with Crippen LogP contribution in [0.1, 0.15) is 29.2 Å². The summed E-state index contributed by atoms with van der Waals surface area (Å²) in [6, 6.07) is 20.7. The first-order valence-electron chi connectivity index (χ1n) is 10.8. The zero-order valence-corrected chi connectivity index (χ0v) is 19.7. The quantitative estimate of drug-likeness (QED) is 0.465. The Morgan fingerprint density at radius 2 is 1.54 bits per heavy atom. The number of fused-ring (bicyclic) bond motifs is 2. The predicted octanol–water partition coefficient (Wildman–Crippen LogP) is 5.75. The Balaban J connectivity index is 0.000000429. The van der Waals surface area contributed by atoms with Gasteiger partial charge in [-0.1, -0.05) is 48.0 Å². The molecule has 1 aliphatic rings. The van der Waals surface area contributed by atoms with Crippen LogP contribution in [0.15, 0.2) is 60.7 Å². The van der Waals surface area contributed by atoms with Gasteiger partial charge in [-0.3, -0.25) is 4.79 Å². The number of halogens is 4. The Bertz CT molecular complexity index is 1230. The molecule has 0 radical (unpaired) electrons. The van der Waals surface area contributed by atoms with Gasteiger partial charge in [-0.25, -0.2) is 4.79 Å². The molecule has 0 fully saturated rings. The van der Waals surface area contributed by atoms with Crippen LogP contribution >= 0.6 is 11.6 Å². The third-order valence-electron chi connectivity index (χ3n) is 5.68. The van der Waals surface area contributed by atoms with Crippen LogP contribution in [0, 0.1) is 0 Å². The minimum absolute atomic E-state index is 0.0362. The van der Waals surface area contributed by atoms with Crippen LogP contribution in [-0.2, 0) is 35.5 Å². The predicted molar refractivity (Wildman–Crippen MR) is 129 cm³/mol. The summed E-state index contributed by atoms with van der Waals surface area (Å²) in [5.41, 5.74) is 13.7. The van der Waals surface area contributed by atoms with Gasteiger partial charge in [0.05, 0.1) is 6.54 Å². The number of carboxylic acid groups (broad SMARTS) is 1. The van der Waals surface area contributed by atoms with Gasteiger partial charge in [0.1, 0.15) is 0 Å². The van der Waals surface area contributed by atoms with E-state index < -0.39 is 12.1 Å².